The van der Waals surface area contributed by atoms with E-state index in [-0.39, 0.29) is 0 Å². The molecule has 1 aliphatic heterocycles. The summed E-state index contributed by atoms with van der Waals surface area (Å²) < 4.78 is 0. The maximum Gasteiger partial charge on any atom is 0.222 e. The Kier molecular flexibility index (Phi) is 3.01. The standard InChI is InChI=1S/C19H31NO/c1-18-10-4-5-14(18)13-6-7-16-19(2,15(13)8-11-18)12-9-17(21)20(16)3/h13-16H,4-12H2,1-3H3/t13-,14?,15?,16?,18-,19+/m0/s1. The summed E-state index contributed by atoms with van der Waals surface area (Å²) in [7, 11) is 2.06. The number of likely N-dealkylation sites (tertiary alicyclic amines) is 1. The Morgan fingerprint density at radius 2 is 1.81 bits per heavy atom. The van der Waals surface area contributed by atoms with Crippen molar-refractivity contribution in [3.05, 3.63) is 0 Å². The molecule has 4 aliphatic rings. The molecule has 0 aromatic heterocycles. The van der Waals surface area contributed by atoms with E-state index in [9.17, 15) is 4.79 Å². The van der Waals surface area contributed by atoms with Gasteiger partial charge in [-0.2, -0.15) is 0 Å². The second-order valence-corrected chi connectivity index (χ2v) is 9.07. The number of hydrogen-bond donors (Lipinski definition) is 0. The van der Waals surface area contributed by atoms with Crippen molar-refractivity contribution in [3.63, 3.8) is 0 Å². The molecule has 21 heavy (non-hydrogen) atoms. The first kappa shape index (κ1) is 14.1. The Labute approximate surface area is 129 Å². The molecule has 6 atom stereocenters. The molecule has 4 fully saturated rings. The average Bonchev–Trinajstić information content (AvgIpc) is 2.85. The fourth-order valence-corrected chi connectivity index (χ4v) is 7.14. The first-order chi connectivity index (χ1) is 9.96. The number of carbonyl (C=O) groups is 1. The molecule has 2 heteroatoms. The number of amides is 1. The lowest BCUT2D eigenvalue weighted by Crippen LogP contribution is -2.61. The minimum Gasteiger partial charge on any atom is -0.342 e. The third-order valence-electron chi connectivity index (χ3n) is 8.34. The average molecular weight is 289 g/mol. The van der Waals surface area contributed by atoms with Crippen molar-refractivity contribution in [2.75, 3.05) is 7.05 Å². The quantitative estimate of drug-likeness (QED) is 0.653. The predicted octanol–water partition coefficient (Wildman–Crippen LogP) is 4.24. The SMILES string of the molecule is CN1C(=O)CC[C@]2(C)C3CC[C@]4(C)CCCC4[C@@H]3CCC12. The molecule has 0 radical (unpaired) electrons. The summed E-state index contributed by atoms with van der Waals surface area (Å²) >= 11 is 0. The number of carbonyl (C=O) groups excluding carboxylic acids is 1. The highest BCUT2D eigenvalue weighted by molar-refractivity contribution is 5.77. The van der Waals surface area contributed by atoms with Gasteiger partial charge in [0.2, 0.25) is 5.91 Å². The maximum absolute atomic E-state index is 12.1. The fraction of sp³-hybridized carbons (Fsp3) is 0.947. The summed E-state index contributed by atoms with van der Waals surface area (Å²) in [5, 5.41) is 0. The molecule has 1 amide bonds. The van der Waals surface area contributed by atoms with Crippen LogP contribution in [0.4, 0.5) is 0 Å². The van der Waals surface area contributed by atoms with Gasteiger partial charge in [-0.05, 0) is 73.5 Å². The van der Waals surface area contributed by atoms with Crippen LogP contribution < -0.4 is 0 Å². The van der Waals surface area contributed by atoms with Gasteiger partial charge in [0.05, 0.1) is 0 Å². The minimum absolute atomic E-state index is 0.387. The molecule has 0 aromatic carbocycles. The zero-order valence-corrected chi connectivity index (χ0v) is 14.0. The smallest absolute Gasteiger partial charge is 0.222 e. The van der Waals surface area contributed by atoms with Crippen LogP contribution in [0, 0.1) is 28.6 Å². The van der Waals surface area contributed by atoms with Crippen LogP contribution in [-0.2, 0) is 4.79 Å². The highest BCUT2D eigenvalue weighted by Crippen LogP contribution is 2.64. The second kappa shape index (κ2) is 4.49. The Hall–Kier alpha value is -0.530. The first-order valence-electron chi connectivity index (χ1n) is 9.21. The Morgan fingerprint density at radius 1 is 1.00 bits per heavy atom. The second-order valence-electron chi connectivity index (χ2n) is 9.07. The number of fused-ring (bicyclic) bond motifs is 5. The van der Waals surface area contributed by atoms with Crippen molar-refractivity contribution < 1.29 is 4.79 Å². The van der Waals surface area contributed by atoms with Gasteiger partial charge in [0.25, 0.3) is 0 Å². The monoisotopic (exact) mass is 289 g/mol. The summed E-state index contributed by atoms with van der Waals surface area (Å²) in [5.74, 6) is 3.20. The van der Waals surface area contributed by atoms with Crippen molar-refractivity contribution in [1.29, 1.82) is 0 Å². The van der Waals surface area contributed by atoms with Gasteiger partial charge in [0.15, 0.2) is 0 Å². The summed E-state index contributed by atoms with van der Waals surface area (Å²) in [4.78, 5) is 14.2. The van der Waals surface area contributed by atoms with Gasteiger partial charge in [-0.15, -0.1) is 0 Å². The van der Waals surface area contributed by atoms with Crippen LogP contribution in [0.25, 0.3) is 0 Å². The maximum atomic E-state index is 12.1. The van der Waals surface area contributed by atoms with Gasteiger partial charge in [0.1, 0.15) is 0 Å². The van der Waals surface area contributed by atoms with E-state index in [1.54, 1.807) is 0 Å². The zero-order valence-electron chi connectivity index (χ0n) is 14.0. The molecule has 118 valence electrons. The van der Waals surface area contributed by atoms with Crippen LogP contribution in [0.1, 0.15) is 71.6 Å². The third-order valence-corrected chi connectivity index (χ3v) is 8.34. The normalized spacial score (nSPS) is 53.1. The Morgan fingerprint density at radius 3 is 2.62 bits per heavy atom. The van der Waals surface area contributed by atoms with Crippen molar-refractivity contribution in [2.24, 2.45) is 28.6 Å². The molecular formula is C19H31NO. The van der Waals surface area contributed by atoms with E-state index >= 15 is 0 Å². The number of hydrogen-bond acceptors (Lipinski definition) is 1. The zero-order chi connectivity index (χ0) is 14.8. The summed E-state index contributed by atoms with van der Waals surface area (Å²) in [6.45, 7) is 5.10. The summed E-state index contributed by atoms with van der Waals surface area (Å²) in [6, 6.07) is 0.519. The molecule has 3 aliphatic carbocycles. The third kappa shape index (κ3) is 1.80. The Balaban J connectivity index is 1.66. The van der Waals surface area contributed by atoms with Crippen molar-refractivity contribution >= 4 is 5.91 Å². The van der Waals surface area contributed by atoms with E-state index in [1.165, 1.54) is 44.9 Å². The highest BCUT2D eigenvalue weighted by atomic mass is 16.2. The Bertz CT molecular complexity index is 460. The molecule has 3 saturated carbocycles. The summed E-state index contributed by atoms with van der Waals surface area (Å²) in [6.07, 6.45) is 11.8. The number of nitrogens with zero attached hydrogens (tertiary/aromatic N) is 1. The molecule has 1 heterocycles. The molecule has 1 saturated heterocycles. The predicted molar refractivity (Wildman–Crippen MR) is 84.8 cm³/mol. The van der Waals surface area contributed by atoms with Crippen LogP contribution in [0.2, 0.25) is 0 Å². The fourth-order valence-electron chi connectivity index (χ4n) is 7.14. The molecule has 0 aromatic rings. The first-order valence-corrected chi connectivity index (χ1v) is 9.21. The molecular weight excluding hydrogens is 258 g/mol. The molecule has 3 unspecified atom stereocenters. The van der Waals surface area contributed by atoms with Crippen LogP contribution in [0.5, 0.6) is 0 Å². The van der Waals surface area contributed by atoms with E-state index in [1.807, 2.05) is 0 Å². The lowest BCUT2D eigenvalue weighted by molar-refractivity contribution is -0.156. The molecule has 0 N–H and O–H groups in total. The van der Waals surface area contributed by atoms with Gasteiger partial charge in [0, 0.05) is 19.5 Å². The van der Waals surface area contributed by atoms with Crippen molar-refractivity contribution in [3.8, 4) is 0 Å². The van der Waals surface area contributed by atoms with Crippen LogP contribution >= 0.6 is 0 Å². The van der Waals surface area contributed by atoms with Gasteiger partial charge < -0.3 is 4.90 Å². The lowest BCUT2D eigenvalue weighted by Gasteiger charge is -2.61. The minimum atomic E-state index is 0.387. The molecule has 2 nitrogen and oxygen atoms in total. The lowest BCUT2D eigenvalue weighted by atomic mass is 9.47. The van der Waals surface area contributed by atoms with Crippen LogP contribution in [-0.4, -0.2) is 23.9 Å². The largest absolute Gasteiger partial charge is 0.342 e. The van der Waals surface area contributed by atoms with Gasteiger partial charge >= 0.3 is 0 Å². The molecule has 0 bridgehead atoms. The van der Waals surface area contributed by atoms with Crippen LogP contribution in [0.15, 0.2) is 0 Å². The number of piperidine rings is 1. The van der Waals surface area contributed by atoms with E-state index < -0.39 is 0 Å². The highest BCUT2D eigenvalue weighted by Gasteiger charge is 2.58. The molecule has 4 rings (SSSR count). The van der Waals surface area contributed by atoms with Crippen molar-refractivity contribution in [1.82, 2.24) is 4.90 Å². The van der Waals surface area contributed by atoms with E-state index in [4.69, 9.17) is 0 Å². The van der Waals surface area contributed by atoms with Gasteiger partial charge in [-0.25, -0.2) is 0 Å². The summed E-state index contributed by atoms with van der Waals surface area (Å²) in [5.41, 5.74) is 1.05. The van der Waals surface area contributed by atoms with Gasteiger partial charge in [-0.3, -0.25) is 4.79 Å². The van der Waals surface area contributed by atoms with Crippen molar-refractivity contribution in [2.45, 2.75) is 77.7 Å². The van der Waals surface area contributed by atoms with E-state index in [2.05, 4.69) is 25.8 Å². The number of rotatable bonds is 0. The molecule has 0 spiro atoms. The van der Waals surface area contributed by atoms with Gasteiger partial charge in [-0.1, -0.05) is 20.3 Å². The van der Waals surface area contributed by atoms with E-state index in [0.29, 0.717) is 22.8 Å². The van der Waals surface area contributed by atoms with E-state index in [0.717, 1.165) is 30.6 Å². The van der Waals surface area contributed by atoms with Crippen LogP contribution in [0.3, 0.4) is 0 Å². The topological polar surface area (TPSA) is 20.3 Å².